The van der Waals surface area contributed by atoms with E-state index in [1.807, 2.05) is 0 Å². The predicted molar refractivity (Wildman–Crippen MR) is 125 cm³/mol. The number of non-ortho nitro benzene ring substituents is 1. The summed E-state index contributed by atoms with van der Waals surface area (Å²) < 4.78 is 0. The van der Waals surface area contributed by atoms with Crippen molar-refractivity contribution in [2.75, 3.05) is 10.6 Å². The number of nitro groups is 3. The van der Waals surface area contributed by atoms with Crippen molar-refractivity contribution in [3.8, 4) is 0 Å². The number of amides is 2. The molecule has 35 heavy (non-hydrogen) atoms. The molecular weight excluding hydrogens is 462 g/mol. The maximum atomic E-state index is 13.0. The van der Waals surface area contributed by atoms with Crippen LogP contribution in [0.1, 0.15) is 5.56 Å². The highest BCUT2D eigenvalue weighted by Gasteiger charge is 2.24. The van der Waals surface area contributed by atoms with Gasteiger partial charge in [-0.3, -0.25) is 39.9 Å². The molecule has 0 heterocycles. The first-order chi connectivity index (χ1) is 16.7. The Balaban J connectivity index is 2.04. The zero-order valence-electron chi connectivity index (χ0n) is 17.6. The van der Waals surface area contributed by atoms with Gasteiger partial charge in [0.25, 0.3) is 28.9 Å². The molecule has 0 spiro atoms. The van der Waals surface area contributed by atoms with E-state index in [9.17, 15) is 39.9 Å². The second-order valence-electron chi connectivity index (χ2n) is 6.87. The highest BCUT2D eigenvalue weighted by molar-refractivity contribution is 6.29. The molecule has 0 aromatic heterocycles. The van der Waals surface area contributed by atoms with E-state index < -0.39 is 43.5 Å². The summed E-state index contributed by atoms with van der Waals surface area (Å²) in [5.74, 6) is -2.16. The van der Waals surface area contributed by atoms with Gasteiger partial charge in [-0.2, -0.15) is 0 Å². The van der Waals surface area contributed by atoms with Gasteiger partial charge in [0.2, 0.25) is 0 Å². The maximum absolute atomic E-state index is 13.0. The number of benzene rings is 3. The summed E-state index contributed by atoms with van der Waals surface area (Å²) in [6, 6.07) is 15.5. The lowest BCUT2D eigenvalue weighted by Gasteiger charge is -2.11. The fourth-order valence-corrected chi connectivity index (χ4v) is 2.99. The molecule has 2 amide bonds. The molecule has 176 valence electrons. The standard InChI is InChI=1S/C22H15N5O8/c28-21(23-17-8-1-3-10-19(17)26(32)33)16(13-14-6-5-7-15(12-14)25(30)31)22(29)24-18-9-2-4-11-20(18)27(34)35/h1-13H,(H,23,28)(H,24,29). The molecule has 0 radical (unpaired) electrons. The molecule has 0 saturated heterocycles. The third-order valence-corrected chi connectivity index (χ3v) is 4.58. The number of para-hydroxylation sites is 4. The van der Waals surface area contributed by atoms with Crippen molar-refractivity contribution < 1.29 is 24.4 Å². The zero-order valence-corrected chi connectivity index (χ0v) is 17.6. The lowest BCUT2D eigenvalue weighted by Crippen LogP contribution is -2.26. The quantitative estimate of drug-likeness (QED) is 0.160. The molecule has 13 nitrogen and oxygen atoms in total. The molecule has 0 bridgehead atoms. The van der Waals surface area contributed by atoms with E-state index in [1.54, 1.807) is 0 Å². The second-order valence-corrected chi connectivity index (χ2v) is 6.87. The van der Waals surface area contributed by atoms with Gasteiger partial charge in [0.15, 0.2) is 0 Å². The van der Waals surface area contributed by atoms with Gasteiger partial charge in [0, 0.05) is 24.3 Å². The Morgan fingerprint density at radius 1 is 0.657 bits per heavy atom. The second kappa shape index (κ2) is 10.4. The zero-order chi connectivity index (χ0) is 25.5. The number of anilines is 2. The summed E-state index contributed by atoms with van der Waals surface area (Å²) in [5.41, 5.74) is -2.09. The van der Waals surface area contributed by atoms with Crippen LogP contribution in [0.2, 0.25) is 0 Å². The van der Waals surface area contributed by atoms with Gasteiger partial charge in [-0.15, -0.1) is 0 Å². The van der Waals surface area contributed by atoms with Crippen molar-refractivity contribution in [3.05, 3.63) is 114 Å². The van der Waals surface area contributed by atoms with Crippen LogP contribution < -0.4 is 10.6 Å². The normalized spacial score (nSPS) is 10.1. The summed E-state index contributed by atoms with van der Waals surface area (Å²) in [6.07, 6.45) is 1.03. The van der Waals surface area contributed by atoms with Gasteiger partial charge in [-0.05, 0) is 23.8 Å². The molecule has 0 unspecified atom stereocenters. The van der Waals surface area contributed by atoms with Crippen molar-refractivity contribution >= 4 is 46.3 Å². The maximum Gasteiger partial charge on any atom is 0.292 e. The van der Waals surface area contributed by atoms with Crippen molar-refractivity contribution in [1.82, 2.24) is 0 Å². The van der Waals surface area contributed by atoms with Crippen LogP contribution in [-0.2, 0) is 9.59 Å². The van der Waals surface area contributed by atoms with E-state index >= 15 is 0 Å². The molecule has 0 atom stereocenters. The molecule has 2 N–H and O–H groups in total. The highest BCUT2D eigenvalue weighted by Crippen LogP contribution is 2.26. The van der Waals surface area contributed by atoms with Crippen LogP contribution in [0.4, 0.5) is 28.4 Å². The van der Waals surface area contributed by atoms with E-state index in [2.05, 4.69) is 10.6 Å². The number of carbonyl (C=O) groups excluding carboxylic acids is 2. The molecule has 0 aliphatic heterocycles. The first kappa shape index (κ1) is 24.2. The topological polar surface area (TPSA) is 188 Å². The minimum absolute atomic E-state index is 0.102. The minimum Gasteiger partial charge on any atom is -0.316 e. The number of nitrogens with one attached hydrogen (secondary N) is 2. The first-order valence-corrected chi connectivity index (χ1v) is 9.73. The van der Waals surface area contributed by atoms with Crippen molar-refractivity contribution in [2.24, 2.45) is 0 Å². The Kier molecular flexibility index (Phi) is 7.21. The summed E-state index contributed by atoms with van der Waals surface area (Å²) in [5, 5.41) is 38.2. The Morgan fingerprint density at radius 2 is 1.14 bits per heavy atom. The van der Waals surface area contributed by atoms with Crippen LogP contribution in [-0.4, -0.2) is 26.6 Å². The molecule has 0 aliphatic rings. The molecular formula is C22H15N5O8. The van der Waals surface area contributed by atoms with E-state index in [1.165, 1.54) is 54.6 Å². The molecule has 13 heteroatoms. The third kappa shape index (κ3) is 5.87. The van der Waals surface area contributed by atoms with Gasteiger partial charge < -0.3 is 10.6 Å². The Labute approximate surface area is 196 Å². The molecule has 0 fully saturated rings. The summed E-state index contributed by atoms with van der Waals surface area (Å²) in [4.78, 5) is 57.6. The lowest BCUT2D eigenvalue weighted by atomic mass is 10.1. The Morgan fingerprint density at radius 3 is 1.60 bits per heavy atom. The average Bonchev–Trinajstić information content (AvgIpc) is 2.83. The lowest BCUT2D eigenvalue weighted by molar-refractivity contribution is -0.384. The minimum atomic E-state index is -1.08. The van der Waals surface area contributed by atoms with E-state index in [0.29, 0.717) is 0 Å². The molecule has 3 aromatic rings. The summed E-state index contributed by atoms with van der Waals surface area (Å²) in [6.45, 7) is 0. The third-order valence-electron chi connectivity index (χ3n) is 4.58. The smallest absolute Gasteiger partial charge is 0.292 e. The number of nitro benzene ring substituents is 3. The van der Waals surface area contributed by atoms with E-state index in [4.69, 9.17) is 0 Å². The molecule has 0 aliphatic carbocycles. The number of nitrogens with zero attached hydrogens (tertiary/aromatic N) is 3. The van der Waals surface area contributed by atoms with Crippen LogP contribution in [0.25, 0.3) is 6.08 Å². The van der Waals surface area contributed by atoms with Crippen LogP contribution >= 0.6 is 0 Å². The Hall–Kier alpha value is -5.46. The number of rotatable bonds is 8. The molecule has 3 aromatic carbocycles. The first-order valence-electron chi connectivity index (χ1n) is 9.73. The number of hydrogen-bond donors (Lipinski definition) is 2. The van der Waals surface area contributed by atoms with Gasteiger partial charge in [-0.1, -0.05) is 36.4 Å². The van der Waals surface area contributed by atoms with Gasteiger partial charge in [0.05, 0.1) is 14.8 Å². The van der Waals surface area contributed by atoms with Crippen molar-refractivity contribution in [1.29, 1.82) is 0 Å². The average molecular weight is 477 g/mol. The summed E-state index contributed by atoms with van der Waals surface area (Å²) >= 11 is 0. The van der Waals surface area contributed by atoms with Crippen LogP contribution in [0.5, 0.6) is 0 Å². The van der Waals surface area contributed by atoms with Gasteiger partial charge >= 0.3 is 0 Å². The van der Waals surface area contributed by atoms with Crippen LogP contribution in [0, 0.1) is 30.3 Å². The monoisotopic (exact) mass is 477 g/mol. The van der Waals surface area contributed by atoms with Crippen molar-refractivity contribution in [2.45, 2.75) is 0 Å². The predicted octanol–water partition coefficient (Wildman–Crippen LogP) is 4.07. The number of hydrogen-bond acceptors (Lipinski definition) is 8. The van der Waals surface area contributed by atoms with Crippen molar-refractivity contribution in [3.63, 3.8) is 0 Å². The molecule has 3 rings (SSSR count). The Bertz CT molecular complexity index is 1310. The molecule has 0 saturated carbocycles. The number of carbonyl (C=O) groups is 2. The van der Waals surface area contributed by atoms with Crippen LogP contribution in [0.3, 0.4) is 0 Å². The largest absolute Gasteiger partial charge is 0.316 e. The fourth-order valence-electron chi connectivity index (χ4n) is 2.99. The van der Waals surface area contributed by atoms with Gasteiger partial charge in [0.1, 0.15) is 16.9 Å². The summed E-state index contributed by atoms with van der Waals surface area (Å²) in [7, 11) is 0. The van der Waals surface area contributed by atoms with E-state index in [0.717, 1.165) is 24.3 Å². The SMILES string of the molecule is O=C(Nc1ccccc1[N+](=O)[O-])C(=Cc1cccc([N+](=O)[O-])c1)C(=O)Nc1ccccc1[N+](=O)[O-]. The highest BCUT2D eigenvalue weighted by atomic mass is 16.6. The van der Waals surface area contributed by atoms with E-state index in [-0.39, 0.29) is 22.6 Å². The van der Waals surface area contributed by atoms with Gasteiger partial charge in [-0.25, -0.2) is 0 Å². The van der Waals surface area contributed by atoms with Crippen LogP contribution in [0.15, 0.2) is 78.4 Å². The fraction of sp³-hybridized carbons (Fsp3) is 0.